The summed E-state index contributed by atoms with van der Waals surface area (Å²) in [6, 6.07) is 0. The Morgan fingerprint density at radius 2 is 2.03 bits per heavy atom. The molecule has 2 heterocycles. The zero-order valence-electron chi connectivity index (χ0n) is 16.2. The highest BCUT2D eigenvalue weighted by Gasteiger charge is 2.52. The molecular weight excluding hydrogens is 432 g/mol. The van der Waals surface area contributed by atoms with Gasteiger partial charge >= 0.3 is 5.97 Å². The summed E-state index contributed by atoms with van der Waals surface area (Å²) in [7, 11) is -5.79. The predicted octanol–water partition coefficient (Wildman–Crippen LogP) is -2.12. The minimum atomic E-state index is -5.05. The molecule has 2 aliphatic rings. The highest BCUT2D eigenvalue weighted by molar-refractivity contribution is 7.97. The van der Waals surface area contributed by atoms with E-state index in [-0.39, 0.29) is 31.3 Å². The number of aliphatic hydroxyl groups is 3. The fourth-order valence-corrected chi connectivity index (χ4v) is 6.67. The molecule has 0 radical (unpaired) electrons. The van der Waals surface area contributed by atoms with Crippen molar-refractivity contribution in [1.29, 1.82) is 0 Å². The van der Waals surface area contributed by atoms with Crippen molar-refractivity contribution >= 4 is 27.3 Å². The molecule has 170 valence electrons. The van der Waals surface area contributed by atoms with Gasteiger partial charge in [-0.15, -0.1) is 0 Å². The number of carbonyl (C=O) groups is 1. The molecule has 0 amide bonds. The Morgan fingerprint density at radius 1 is 1.34 bits per heavy atom. The minimum absolute atomic E-state index is 0.110. The molecule has 0 saturated carbocycles. The van der Waals surface area contributed by atoms with Gasteiger partial charge in [-0.2, -0.15) is 0 Å². The quantitative estimate of drug-likeness (QED) is 0.149. The van der Waals surface area contributed by atoms with Crippen LogP contribution >= 0.6 is 0 Å². The fraction of sp³-hybridized carbons (Fsp3) is 0.938. The Bertz CT molecular complexity index is 643. The standard InChI is InChI=1S/C16H28O11S2/c1-3-9(15(20)24-4-2)16-25-6-11(27-29(21,22)23)12(26-16)8-28-7-10(18)14(19)13(28)5-17/h9-14,16-19H,3-8H2,1-2H3/t9?,10-,11+,12-,13-,14+,16?,28?/m1/s1. The van der Waals surface area contributed by atoms with E-state index in [1.807, 2.05) is 0 Å². The number of hydrogen-bond donors (Lipinski definition) is 3. The van der Waals surface area contributed by atoms with E-state index >= 15 is 0 Å². The van der Waals surface area contributed by atoms with Gasteiger partial charge in [-0.05, 0) is 13.3 Å². The zero-order valence-corrected chi connectivity index (χ0v) is 17.8. The monoisotopic (exact) mass is 460 g/mol. The largest absolute Gasteiger partial charge is 0.726 e. The third-order valence-corrected chi connectivity index (χ3v) is 8.19. The maximum absolute atomic E-state index is 12.2. The van der Waals surface area contributed by atoms with E-state index in [0.717, 1.165) is 0 Å². The van der Waals surface area contributed by atoms with E-state index in [1.54, 1.807) is 13.8 Å². The van der Waals surface area contributed by atoms with Crippen LogP contribution in [-0.4, -0.2) is 102 Å². The lowest BCUT2D eigenvalue weighted by Gasteiger charge is -2.38. The van der Waals surface area contributed by atoms with Crippen molar-refractivity contribution in [2.24, 2.45) is 5.92 Å². The van der Waals surface area contributed by atoms with Crippen LogP contribution in [0.25, 0.3) is 0 Å². The van der Waals surface area contributed by atoms with Gasteiger partial charge in [0.05, 0.1) is 19.8 Å². The van der Waals surface area contributed by atoms with E-state index < -0.39 is 69.1 Å². The molecule has 3 unspecified atom stereocenters. The third kappa shape index (κ3) is 6.48. The van der Waals surface area contributed by atoms with Gasteiger partial charge < -0.3 is 34.1 Å². The summed E-state index contributed by atoms with van der Waals surface area (Å²) in [5, 5.41) is 28.8. The van der Waals surface area contributed by atoms with Gasteiger partial charge in [0, 0.05) is 10.9 Å². The summed E-state index contributed by atoms with van der Waals surface area (Å²) < 4.78 is 54.1. The van der Waals surface area contributed by atoms with Crippen molar-refractivity contribution in [2.75, 3.05) is 31.3 Å². The molecular formula is C16H28O11S2. The molecule has 3 N–H and O–H groups in total. The Kier molecular flexibility index (Phi) is 9.12. The van der Waals surface area contributed by atoms with Gasteiger partial charge in [-0.25, -0.2) is 8.42 Å². The van der Waals surface area contributed by atoms with Crippen molar-refractivity contribution < 1.29 is 51.5 Å². The van der Waals surface area contributed by atoms with Gasteiger partial charge in [0.1, 0.15) is 41.8 Å². The van der Waals surface area contributed by atoms with Gasteiger partial charge in [0.2, 0.25) is 10.4 Å². The molecule has 2 rings (SSSR count). The van der Waals surface area contributed by atoms with E-state index in [0.29, 0.717) is 6.42 Å². The lowest BCUT2D eigenvalue weighted by atomic mass is 10.1. The van der Waals surface area contributed by atoms with Crippen LogP contribution in [0.4, 0.5) is 0 Å². The van der Waals surface area contributed by atoms with Crippen LogP contribution in [0.5, 0.6) is 0 Å². The van der Waals surface area contributed by atoms with Crippen LogP contribution in [-0.2, 0) is 44.5 Å². The van der Waals surface area contributed by atoms with Crippen molar-refractivity contribution in [3.8, 4) is 0 Å². The Labute approximate surface area is 172 Å². The molecule has 0 aromatic carbocycles. The Morgan fingerprint density at radius 3 is 2.59 bits per heavy atom. The average molecular weight is 461 g/mol. The maximum atomic E-state index is 12.2. The third-order valence-electron chi connectivity index (χ3n) is 4.89. The first-order valence-electron chi connectivity index (χ1n) is 9.32. The van der Waals surface area contributed by atoms with Gasteiger partial charge in [-0.3, -0.25) is 8.98 Å². The second kappa shape index (κ2) is 10.7. The van der Waals surface area contributed by atoms with Crippen molar-refractivity contribution in [3.05, 3.63) is 0 Å². The Hall–Kier alpha value is -0.510. The summed E-state index contributed by atoms with van der Waals surface area (Å²) in [6.45, 7) is 2.88. The van der Waals surface area contributed by atoms with Crippen LogP contribution in [0, 0.1) is 5.92 Å². The summed E-state index contributed by atoms with van der Waals surface area (Å²) in [6.07, 6.45) is -5.07. The van der Waals surface area contributed by atoms with Crippen molar-refractivity contribution in [3.63, 3.8) is 0 Å². The van der Waals surface area contributed by atoms with E-state index in [9.17, 15) is 33.1 Å². The Balaban J connectivity index is 2.18. The lowest BCUT2D eigenvalue weighted by Crippen LogP contribution is -2.53. The first-order valence-corrected chi connectivity index (χ1v) is 12.3. The van der Waals surface area contributed by atoms with Crippen molar-refractivity contribution in [1.82, 2.24) is 0 Å². The number of hydrogen-bond acceptors (Lipinski definition) is 11. The average Bonchev–Trinajstić information content (AvgIpc) is 2.90. The second-order valence-electron chi connectivity index (χ2n) is 6.84. The van der Waals surface area contributed by atoms with Crippen LogP contribution in [0.1, 0.15) is 20.3 Å². The summed E-state index contributed by atoms with van der Waals surface area (Å²) in [5.41, 5.74) is 0. The molecule has 0 aromatic heterocycles. The first kappa shape index (κ1) is 24.8. The van der Waals surface area contributed by atoms with Gasteiger partial charge in [-0.1, -0.05) is 6.92 Å². The SMILES string of the molecule is CCOC(=O)C(CC)C1OC[C@H](OS(=O)(=O)[O-])[C@@H](C[S+]2C[C@@H](O)[C@H](O)[C@H]2CO)O1. The number of rotatable bonds is 9. The maximum Gasteiger partial charge on any atom is 0.314 e. The molecule has 8 atom stereocenters. The molecule has 13 heteroatoms. The summed E-state index contributed by atoms with van der Waals surface area (Å²) in [5.74, 6) is -1.00. The molecule has 0 aromatic rings. The molecule has 0 bridgehead atoms. The molecule has 2 saturated heterocycles. The molecule has 0 aliphatic carbocycles. The fourth-order valence-electron chi connectivity index (χ4n) is 3.42. The van der Waals surface area contributed by atoms with E-state index in [2.05, 4.69) is 4.18 Å². The van der Waals surface area contributed by atoms with Crippen LogP contribution in [0.2, 0.25) is 0 Å². The second-order valence-corrected chi connectivity index (χ2v) is 10.2. The van der Waals surface area contributed by atoms with Crippen molar-refractivity contribution in [2.45, 2.75) is 56.2 Å². The molecule has 0 spiro atoms. The molecule has 2 aliphatic heterocycles. The van der Waals surface area contributed by atoms with E-state index in [1.165, 1.54) is 0 Å². The normalized spacial score (nSPS) is 36.7. The van der Waals surface area contributed by atoms with Crippen LogP contribution in [0.15, 0.2) is 0 Å². The predicted molar refractivity (Wildman–Crippen MR) is 99.6 cm³/mol. The number of ether oxygens (including phenoxy) is 3. The van der Waals surface area contributed by atoms with Crippen LogP contribution < -0.4 is 0 Å². The topological polar surface area (TPSA) is 172 Å². The highest BCUT2D eigenvalue weighted by atomic mass is 32.3. The summed E-state index contributed by atoms with van der Waals surface area (Å²) in [4.78, 5) is 12.2. The smallest absolute Gasteiger partial charge is 0.314 e. The molecule has 29 heavy (non-hydrogen) atoms. The molecule has 2 fully saturated rings. The zero-order chi connectivity index (χ0) is 21.8. The highest BCUT2D eigenvalue weighted by Crippen LogP contribution is 2.30. The van der Waals surface area contributed by atoms with E-state index in [4.69, 9.17) is 14.2 Å². The number of carbonyl (C=O) groups excluding carboxylic acids is 1. The van der Waals surface area contributed by atoms with Gasteiger partial charge in [0.25, 0.3) is 0 Å². The summed E-state index contributed by atoms with van der Waals surface area (Å²) >= 11 is 0. The number of aliphatic hydroxyl groups excluding tert-OH is 3. The molecule has 11 nitrogen and oxygen atoms in total. The van der Waals surface area contributed by atoms with Crippen LogP contribution in [0.3, 0.4) is 0 Å². The van der Waals surface area contributed by atoms with Gasteiger partial charge in [0.15, 0.2) is 11.5 Å². The lowest BCUT2D eigenvalue weighted by molar-refractivity contribution is -0.261. The minimum Gasteiger partial charge on any atom is -0.726 e. The number of esters is 1. The first-order chi connectivity index (χ1) is 13.6.